The Labute approximate surface area is 86.9 Å². The molecule has 1 aliphatic rings. The van der Waals surface area contributed by atoms with E-state index in [0.29, 0.717) is 6.42 Å². The average Bonchev–Trinajstić information content (AvgIpc) is 2.02. The molecule has 1 heteroatoms. The number of hydrogen-bond donors (Lipinski definition) is 0. The fourth-order valence-electron chi connectivity index (χ4n) is 2.06. The van der Waals surface area contributed by atoms with Crippen molar-refractivity contribution in [3.05, 3.63) is 24.3 Å². The summed E-state index contributed by atoms with van der Waals surface area (Å²) in [5.41, 5.74) is 0.160. The van der Waals surface area contributed by atoms with Crippen molar-refractivity contribution >= 4 is 5.78 Å². The molecular weight excluding hydrogens is 172 g/mol. The molecule has 0 aliphatic heterocycles. The molecule has 0 fully saturated rings. The third kappa shape index (κ3) is 2.14. The molecule has 0 aromatic rings. The number of ketones is 1. The second kappa shape index (κ2) is 3.72. The SMILES string of the molecule is CC(=O)CC1(C(C)(C)C)C=CC=CC1. The van der Waals surface area contributed by atoms with E-state index < -0.39 is 0 Å². The highest BCUT2D eigenvalue weighted by Crippen LogP contribution is 2.47. The monoisotopic (exact) mass is 192 g/mol. The summed E-state index contributed by atoms with van der Waals surface area (Å²) in [6, 6.07) is 0. The highest BCUT2D eigenvalue weighted by atomic mass is 16.1. The molecule has 14 heavy (non-hydrogen) atoms. The molecule has 0 amide bonds. The Balaban J connectivity index is 2.97. The third-order valence-corrected chi connectivity index (χ3v) is 3.20. The second-order valence-electron chi connectivity index (χ2n) is 5.28. The van der Waals surface area contributed by atoms with Crippen LogP contribution >= 0.6 is 0 Å². The predicted molar refractivity (Wildman–Crippen MR) is 60.1 cm³/mol. The van der Waals surface area contributed by atoms with Crippen LogP contribution in [0.4, 0.5) is 0 Å². The molecule has 78 valence electrons. The number of carbonyl (C=O) groups is 1. The summed E-state index contributed by atoms with van der Waals surface area (Å²) < 4.78 is 0. The lowest BCUT2D eigenvalue weighted by Gasteiger charge is -2.43. The van der Waals surface area contributed by atoms with Crippen molar-refractivity contribution in [2.75, 3.05) is 0 Å². The first kappa shape index (κ1) is 11.2. The second-order valence-corrected chi connectivity index (χ2v) is 5.28. The summed E-state index contributed by atoms with van der Waals surface area (Å²) in [5.74, 6) is 0.278. The van der Waals surface area contributed by atoms with Gasteiger partial charge in [0.25, 0.3) is 0 Å². The lowest BCUT2D eigenvalue weighted by atomic mass is 9.61. The molecule has 1 nitrogen and oxygen atoms in total. The largest absolute Gasteiger partial charge is 0.300 e. The van der Waals surface area contributed by atoms with Crippen molar-refractivity contribution < 1.29 is 4.79 Å². The van der Waals surface area contributed by atoms with Gasteiger partial charge in [0, 0.05) is 11.8 Å². The van der Waals surface area contributed by atoms with Crippen LogP contribution in [0, 0.1) is 10.8 Å². The molecule has 0 bridgehead atoms. The van der Waals surface area contributed by atoms with Crippen LogP contribution in [0.2, 0.25) is 0 Å². The number of hydrogen-bond acceptors (Lipinski definition) is 1. The van der Waals surface area contributed by atoms with Crippen LogP contribution in [0.5, 0.6) is 0 Å². The summed E-state index contributed by atoms with van der Waals surface area (Å²) in [4.78, 5) is 11.3. The smallest absolute Gasteiger partial charge is 0.130 e. The number of rotatable bonds is 2. The van der Waals surface area contributed by atoms with Gasteiger partial charge in [-0.1, -0.05) is 45.1 Å². The lowest BCUT2D eigenvalue weighted by molar-refractivity contribution is -0.120. The molecule has 1 rings (SSSR count). The molecule has 1 aliphatic carbocycles. The normalized spacial score (nSPS) is 26.6. The number of carbonyl (C=O) groups excluding carboxylic acids is 1. The zero-order valence-electron chi connectivity index (χ0n) is 9.63. The minimum absolute atomic E-state index is 0.0214. The van der Waals surface area contributed by atoms with Gasteiger partial charge in [0.15, 0.2) is 0 Å². The van der Waals surface area contributed by atoms with E-state index in [1.54, 1.807) is 6.92 Å². The zero-order chi connectivity index (χ0) is 10.8. The minimum Gasteiger partial charge on any atom is -0.300 e. The summed E-state index contributed by atoms with van der Waals surface area (Å²) in [6.45, 7) is 8.30. The minimum atomic E-state index is 0.0214. The summed E-state index contributed by atoms with van der Waals surface area (Å²) in [7, 11) is 0. The number of allylic oxidation sites excluding steroid dienone is 4. The van der Waals surface area contributed by atoms with Gasteiger partial charge in [0.1, 0.15) is 5.78 Å². The standard InChI is InChI=1S/C13H20O/c1-11(14)10-13(12(2,3)4)8-6-5-7-9-13/h5-8H,9-10H2,1-4H3. The van der Waals surface area contributed by atoms with Crippen molar-refractivity contribution in [2.24, 2.45) is 10.8 Å². The van der Waals surface area contributed by atoms with E-state index in [-0.39, 0.29) is 16.6 Å². The van der Waals surface area contributed by atoms with Gasteiger partial charge >= 0.3 is 0 Å². The van der Waals surface area contributed by atoms with Crippen molar-refractivity contribution in [2.45, 2.75) is 40.5 Å². The van der Waals surface area contributed by atoms with Gasteiger partial charge in [-0.2, -0.15) is 0 Å². The Morgan fingerprint density at radius 3 is 2.36 bits per heavy atom. The van der Waals surface area contributed by atoms with Gasteiger partial charge in [-0.05, 0) is 18.8 Å². The summed E-state index contributed by atoms with van der Waals surface area (Å²) in [6.07, 6.45) is 10.1. The molecular formula is C13H20O. The molecule has 0 saturated heterocycles. The molecule has 0 spiro atoms. The van der Waals surface area contributed by atoms with Crippen LogP contribution < -0.4 is 0 Å². The molecule has 0 saturated carbocycles. The van der Waals surface area contributed by atoms with Crippen LogP contribution in [0.15, 0.2) is 24.3 Å². The van der Waals surface area contributed by atoms with E-state index in [0.717, 1.165) is 6.42 Å². The topological polar surface area (TPSA) is 17.1 Å². The van der Waals surface area contributed by atoms with Gasteiger partial charge in [0.05, 0.1) is 0 Å². The first-order valence-corrected chi connectivity index (χ1v) is 5.21. The van der Waals surface area contributed by atoms with E-state index in [2.05, 4.69) is 45.1 Å². The predicted octanol–water partition coefficient (Wildman–Crippen LogP) is 3.51. The Morgan fingerprint density at radius 1 is 1.36 bits per heavy atom. The quantitative estimate of drug-likeness (QED) is 0.654. The van der Waals surface area contributed by atoms with Crippen molar-refractivity contribution in [3.8, 4) is 0 Å². The Hall–Kier alpha value is -0.850. The molecule has 0 N–H and O–H groups in total. The fraction of sp³-hybridized carbons (Fsp3) is 0.615. The van der Waals surface area contributed by atoms with Gasteiger partial charge in [0.2, 0.25) is 0 Å². The molecule has 0 aromatic heterocycles. The molecule has 1 unspecified atom stereocenters. The average molecular weight is 192 g/mol. The maximum Gasteiger partial charge on any atom is 0.130 e. The highest BCUT2D eigenvalue weighted by molar-refractivity contribution is 5.76. The van der Waals surface area contributed by atoms with Crippen LogP contribution in [0.1, 0.15) is 40.5 Å². The fourth-order valence-corrected chi connectivity index (χ4v) is 2.06. The van der Waals surface area contributed by atoms with E-state index >= 15 is 0 Å². The highest BCUT2D eigenvalue weighted by Gasteiger charge is 2.40. The number of Topliss-reactive ketones (excluding diaryl/α,β-unsaturated/α-hetero) is 1. The van der Waals surface area contributed by atoms with Gasteiger partial charge in [-0.25, -0.2) is 0 Å². The van der Waals surface area contributed by atoms with Crippen molar-refractivity contribution in [1.29, 1.82) is 0 Å². The molecule has 0 heterocycles. The molecule has 0 radical (unpaired) electrons. The summed E-state index contributed by atoms with van der Waals surface area (Å²) >= 11 is 0. The maximum atomic E-state index is 11.3. The molecule has 0 aromatic carbocycles. The van der Waals surface area contributed by atoms with Crippen molar-refractivity contribution in [1.82, 2.24) is 0 Å². The third-order valence-electron chi connectivity index (χ3n) is 3.20. The molecule has 1 atom stereocenters. The van der Waals surface area contributed by atoms with Crippen LogP contribution in [0.25, 0.3) is 0 Å². The van der Waals surface area contributed by atoms with Crippen LogP contribution in [-0.2, 0) is 4.79 Å². The zero-order valence-corrected chi connectivity index (χ0v) is 9.63. The van der Waals surface area contributed by atoms with E-state index in [4.69, 9.17) is 0 Å². The van der Waals surface area contributed by atoms with Gasteiger partial charge in [-0.15, -0.1) is 0 Å². The Morgan fingerprint density at radius 2 is 2.00 bits per heavy atom. The van der Waals surface area contributed by atoms with Gasteiger partial charge < -0.3 is 0 Å². The summed E-state index contributed by atoms with van der Waals surface area (Å²) in [5, 5.41) is 0. The Bertz CT molecular complexity index is 278. The maximum absolute atomic E-state index is 11.3. The van der Waals surface area contributed by atoms with Gasteiger partial charge in [-0.3, -0.25) is 4.79 Å². The van der Waals surface area contributed by atoms with E-state index in [1.165, 1.54) is 0 Å². The van der Waals surface area contributed by atoms with E-state index in [9.17, 15) is 4.79 Å². The lowest BCUT2D eigenvalue weighted by Crippen LogP contribution is -2.36. The first-order chi connectivity index (χ1) is 6.37. The van der Waals surface area contributed by atoms with Crippen LogP contribution in [-0.4, -0.2) is 5.78 Å². The Kier molecular flexibility index (Phi) is 2.98. The van der Waals surface area contributed by atoms with Crippen molar-refractivity contribution in [3.63, 3.8) is 0 Å². The first-order valence-electron chi connectivity index (χ1n) is 5.21. The van der Waals surface area contributed by atoms with E-state index in [1.807, 2.05) is 0 Å². The van der Waals surface area contributed by atoms with Crippen LogP contribution in [0.3, 0.4) is 0 Å².